The standard InChI is InChI=1S/C19H37N/c1-3-4-5-6-7-8-9-10-11-19(20-2)18-15-16-12-13-17(18)14-16/h16-20H,3-15H2,1-2H3. The second kappa shape index (κ2) is 9.07. The zero-order valence-electron chi connectivity index (χ0n) is 14.0. The SMILES string of the molecule is CCCCCCCCCCC(NC)C1CC2CCC1C2. The lowest BCUT2D eigenvalue weighted by molar-refractivity contribution is 0.243. The molecule has 2 rings (SSSR count). The van der Waals surface area contributed by atoms with Gasteiger partial charge in [-0.15, -0.1) is 0 Å². The lowest BCUT2D eigenvalue weighted by Gasteiger charge is -2.30. The summed E-state index contributed by atoms with van der Waals surface area (Å²) in [6.07, 6.45) is 19.2. The van der Waals surface area contributed by atoms with Crippen LogP contribution in [-0.4, -0.2) is 13.1 Å². The molecule has 0 radical (unpaired) electrons. The maximum Gasteiger partial charge on any atom is 0.00950 e. The number of rotatable bonds is 11. The van der Waals surface area contributed by atoms with E-state index in [-0.39, 0.29) is 0 Å². The summed E-state index contributed by atoms with van der Waals surface area (Å²) in [5.74, 6) is 3.19. The summed E-state index contributed by atoms with van der Waals surface area (Å²) in [7, 11) is 2.20. The highest BCUT2D eigenvalue weighted by Gasteiger charge is 2.42. The van der Waals surface area contributed by atoms with Crippen molar-refractivity contribution in [3.63, 3.8) is 0 Å². The molecule has 4 atom stereocenters. The van der Waals surface area contributed by atoms with Crippen molar-refractivity contribution < 1.29 is 0 Å². The Hall–Kier alpha value is -0.0400. The van der Waals surface area contributed by atoms with Crippen molar-refractivity contribution in [1.82, 2.24) is 5.32 Å². The quantitative estimate of drug-likeness (QED) is 0.489. The summed E-state index contributed by atoms with van der Waals surface area (Å²) < 4.78 is 0. The first-order chi connectivity index (χ1) is 9.85. The maximum absolute atomic E-state index is 3.65. The predicted molar refractivity (Wildman–Crippen MR) is 89.0 cm³/mol. The summed E-state index contributed by atoms with van der Waals surface area (Å²) in [5.41, 5.74) is 0. The highest BCUT2D eigenvalue weighted by atomic mass is 14.9. The van der Waals surface area contributed by atoms with Gasteiger partial charge in [-0.2, -0.15) is 0 Å². The Kier molecular flexibility index (Phi) is 7.41. The molecule has 0 amide bonds. The average molecular weight is 280 g/mol. The Morgan fingerprint density at radius 2 is 1.60 bits per heavy atom. The summed E-state index contributed by atoms with van der Waals surface area (Å²) in [6.45, 7) is 2.30. The van der Waals surface area contributed by atoms with E-state index in [0.29, 0.717) is 0 Å². The van der Waals surface area contributed by atoms with Gasteiger partial charge in [-0.05, 0) is 50.5 Å². The molecule has 0 heterocycles. The first kappa shape index (κ1) is 16.3. The maximum atomic E-state index is 3.65. The van der Waals surface area contributed by atoms with Crippen LogP contribution >= 0.6 is 0 Å². The van der Waals surface area contributed by atoms with Crippen LogP contribution in [-0.2, 0) is 0 Å². The molecule has 0 aromatic carbocycles. The fraction of sp³-hybridized carbons (Fsp3) is 1.00. The molecule has 118 valence electrons. The molecule has 2 aliphatic rings. The van der Waals surface area contributed by atoms with Crippen molar-refractivity contribution in [2.45, 2.75) is 96.4 Å². The van der Waals surface area contributed by atoms with Crippen molar-refractivity contribution in [1.29, 1.82) is 0 Å². The van der Waals surface area contributed by atoms with E-state index in [0.717, 1.165) is 23.8 Å². The van der Waals surface area contributed by atoms with E-state index in [1.807, 2.05) is 0 Å². The molecule has 20 heavy (non-hydrogen) atoms. The molecule has 0 aromatic rings. The van der Waals surface area contributed by atoms with E-state index in [9.17, 15) is 0 Å². The number of fused-ring (bicyclic) bond motifs is 2. The molecule has 0 spiro atoms. The molecule has 4 unspecified atom stereocenters. The van der Waals surface area contributed by atoms with Gasteiger partial charge in [-0.3, -0.25) is 0 Å². The Bertz CT molecular complexity index is 250. The van der Waals surface area contributed by atoms with Gasteiger partial charge < -0.3 is 5.32 Å². The Balaban J connectivity index is 1.51. The van der Waals surface area contributed by atoms with E-state index in [4.69, 9.17) is 0 Å². The number of hydrogen-bond acceptors (Lipinski definition) is 1. The Morgan fingerprint density at radius 1 is 0.900 bits per heavy atom. The second-order valence-corrected chi connectivity index (χ2v) is 7.50. The zero-order chi connectivity index (χ0) is 14.2. The summed E-state index contributed by atoms with van der Waals surface area (Å²) >= 11 is 0. The minimum Gasteiger partial charge on any atom is -0.317 e. The van der Waals surface area contributed by atoms with Crippen molar-refractivity contribution >= 4 is 0 Å². The number of nitrogens with one attached hydrogen (secondary N) is 1. The fourth-order valence-corrected chi connectivity index (χ4v) is 4.86. The molecule has 2 aliphatic carbocycles. The van der Waals surface area contributed by atoms with Gasteiger partial charge in [-0.25, -0.2) is 0 Å². The molecular weight excluding hydrogens is 242 g/mol. The van der Waals surface area contributed by atoms with Crippen LogP contribution in [0.25, 0.3) is 0 Å². The molecule has 1 N–H and O–H groups in total. The predicted octanol–water partition coefficient (Wildman–Crippen LogP) is 5.54. The lowest BCUT2D eigenvalue weighted by atomic mass is 9.81. The average Bonchev–Trinajstić information content (AvgIpc) is 3.08. The summed E-state index contributed by atoms with van der Waals surface area (Å²) in [6, 6.07) is 0.824. The zero-order valence-corrected chi connectivity index (χ0v) is 14.0. The van der Waals surface area contributed by atoms with E-state index in [2.05, 4.69) is 19.3 Å². The van der Waals surface area contributed by atoms with E-state index >= 15 is 0 Å². The summed E-state index contributed by atoms with van der Waals surface area (Å²) in [4.78, 5) is 0. The smallest absolute Gasteiger partial charge is 0.00950 e. The van der Waals surface area contributed by atoms with Gasteiger partial charge in [0.05, 0.1) is 0 Å². The molecule has 0 saturated heterocycles. The molecule has 2 saturated carbocycles. The molecular formula is C19H37N. The first-order valence-electron chi connectivity index (χ1n) is 9.52. The molecule has 2 bridgehead atoms. The van der Waals surface area contributed by atoms with Crippen molar-refractivity contribution in [3.8, 4) is 0 Å². The van der Waals surface area contributed by atoms with Crippen molar-refractivity contribution in [3.05, 3.63) is 0 Å². The first-order valence-corrected chi connectivity index (χ1v) is 9.52. The van der Waals surface area contributed by atoms with Crippen molar-refractivity contribution in [2.24, 2.45) is 17.8 Å². The minimum atomic E-state index is 0.824. The Labute approximate surface area is 127 Å². The van der Waals surface area contributed by atoms with Crippen LogP contribution in [0.4, 0.5) is 0 Å². The monoisotopic (exact) mass is 279 g/mol. The van der Waals surface area contributed by atoms with Crippen LogP contribution in [0.15, 0.2) is 0 Å². The topological polar surface area (TPSA) is 12.0 Å². The number of hydrogen-bond donors (Lipinski definition) is 1. The molecule has 1 nitrogen and oxygen atoms in total. The van der Waals surface area contributed by atoms with Gasteiger partial charge in [0.15, 0.2) is 0 Å². The largest absolute Gasteiger partial charge is 0.317 e. The van der Waals surface area contributed by atoms with Gasteiger partial charge in [-0.1, -0.05) is 64.7 Å². The van der Waals surface area contributed by atoms with Gasteiger partial charge in [0.2, 0.25) is 0 Å². The van der Waals surface area contributed by atoms with Gasteiger partial charge in [0.25, 0.3) is 0 Å². The van der Waals surface area contributed by atoms with Crippen LogP contribution < -0.4 is 5.32 Å². The van der Waals surface area contributed by atoms with Crippen LogP contribution in [0.5, 0.6) is 0 Å². The van der Waals surface area contributed by atoms with Gasteiger partial charge in [0.1, 0.15) is 0 Å². The molecule has 0 aromatic heterocycles. The van der Waals surface area contributed by atoms with E-state index in [1.165, 1.54) is 77.0 Å². The van der Waals surface area contributed by atoms with E-state index < -0.39 is 0 Å². The van der Waals surface area contributed by atoms with Gasteiger partial charge >= 0.3 is 0 Å². The normalized spacial score (nSPS) is 30.0. The molecule has 1 heteroatoms. The number of unbranched alkanes of at least 4 members (excludes halogenated alkanes) is 7. The molecule has 0 aliphatic heterocycles. The highest BCUT2D eigenvalue weighted by molar-refractivity contribution is 4.94. The van der Waals surface area contributed by atoms with Crippen LogP contribution in [0.1, 0.15) is 90.4 Å². The second-order valence-electron chi connectivity index (χ2n) is 7.50. The van der Waals surface area contributed by atoms with Crippen LogP contribution in [0.3, 0.4) is 0 Å². The third kappa shape index (κ3) is 4.76. The van der Waals surface area contributed by atoms with E-state index in [1.54, 1.807) is 6.42 Å². The minimum absolute atomic E-state index is 0.824. The van der Waals surface area contributed by atoms with Crippen molar-refractivity contribution in [2.75, 3.05) is 7.05 Å². The fourth-order valence-electron chi connectivity index (χ4n) is 4.86. The van der Waals surface area contributed by atoms with Crippen LogP contribution in [0.2, 0.25) is 0 Å². The van der Waals surface area contributed by atoms with Crippen LogP contribution in [0, 0.1) is 17.8 Å². The lowest BCUT2D eigenvalue weighted by Crippen LogP contribution is -2.36. The summed E-state index contributed by atoms with van der Waals surface area (Å²) in [5, 5.41) is 3.65. The van der Waals surface area contributed by atoms with Gasteiger partial charge in [0, 0.05) is 6.04 Å². The third-order valence-electron chi connectivity index (χ3n) is 6.05. The third-order valence-corrected chi connectivity index (χ3v) is 6.05. The highest BCUT2D eigenvalue weighted by Crippen LogP contribution is 2.50. The Morgan fingerprint density at radius 3 is 2.15 bits per heavy atom. The molecule has 2 fully saturated rings.